The molecule has 0 bridgehead atoms. The van der Waals surface area contributed by atoms with E-state index in [0.29, 0.717) is 34.9 Å². The van der Waals surface area contributed by atoms with E-state index in [4.69, 9.17) is 4.74 Å². The van der Waals surface area contributed by atoms with Gasteiger partial charge in [0.1, 0.15) is 11.3 Å². The van der Waals surface area contributed by atoms with Gasteiger partial charge in [-0.1, -0.05) is 12.1 Å². The fourth-order valence-corrected chi connectivity index (χ4v) is 3.11. The van der Waals surface area contributed by atoms with Crippen molar-refractivity contribution in [2.45, 2.75) is 13.3 Å². The molecule has 0 aliphatic carbocycles. The first-order valence-corrected chi connectivity index (χ1v) is 9.21. The van der Waals surface area contributed by atoms with Crippen molar-refractivity contribution in [1.82, 2.24) is 24.8 Å². The summed E-state index contributed by atoms with van der Waals surface area (Å²) in [5.74, 6) is 0.388. The number of rotatable bonds is 7. The quantitative estimate of drug-likeness (QED) is 0.472. The van der Waals surface area contributed by atoms with Crippen LogP contribution in [0.25, 0.3) is 16.9 Å². The van der Waals surface area contributed by atoms with Gasteiger partial charge < -0.3 is 10.1 Å². The lowest BCUT2D eigenvalue weighted by atomic mass is 10.0. The molecule has 0 unspecified atom stereocenters. The number of allylic oxidation sites excluding steroid dienone is 1. The van der Waals surface area contributed by atoms with Gasteiger partial charge in [-0.15, -0.1) is 6.58 Å². The number of ether oxygens (including phenoxy) is 1. The van der Waals surface area contributed by atoms with E-state index >= 15 is 0 Å². The average Bonchev–Trinajstić information content (AvgIpc) is 3.36. The Morgan fingerprint density at radius 3 is 3.10 bits per heavy atom. The topological polar surface area (TPSA) is 97.2 Å². The molecule has 4 rings (SSSR count). The number of hydrogen-bond donors (Lipinski definition) is 2. The van der Waals surface area contributed by atoms with Crippen LogP contribution in [0.5, 0.6) is 5.75 Å². The maximum Gasteiger partial charge on any atom is 0.261 e. The molecule has 0 fully saturated rings. The van der Waals surface area contributed by atoms with Crippen LogP contribution in [-0.2, 0) is 6.42 Å². The van der Waals surface area contributed by atoms with Crippen molar-refractivity contribution in [1.29, 1.82) is 0 Å². The van der Waals surface area contributed by atoms with Gasteiger partial charge in [0.25, 0.3) is 5.91 Å². The van der Waals surface area contributed by atoms with Crippen molar-refractivity contribution in [3.63, 3.8) is 0 Å². The van der Waals surface area contributed by atoms with Crippen LogP contribution in [0.4, 0.5) is 5.69 Å². The first-order chi connectivity index (χ1) is 14.2. The second kappa shape index (κ2) is 7.97. The van der Waals surface area contributed by atoms with Gasteiger partial charge in [0.15, 0.2) is 5.65 Å². The molecule has 1 amide bonds. The summed E-state index contributed by atoms with van der Waals surface area (Å²) in [6.45, 7) is 6.25. The standard InChI is InChI=1S/C21H20N6O2/c1-3-6-14-7-8-18(29-4-2)15(11-14)19-17(13-23-26-19)25-21(28)16-12-24-27-10-5-9-22-20(16)27/h3,5,7-13H,1,4,6H2,2H3,(H,23,26)(H,25,28). The third kappa shape index (κ3) is 3.60. The number of H-pyrrole nitrogens is 1. The molecule has 8 nitrogen and oxygen atoms in total. The van der Waals surface area contributed by atoms with Crippen molar-refractivity contribution in [2.24, 2.45) is 0 Å². The van der Waals surface area contributed by atoms with E-state index in [1.54, 1.807) is 29.2 Å². The lowest BCUT2D eigenvalue weighted by Crippen LogP contribution is -2.12. The van der Waals surface area contributed by atoms with Crippen LogP contribution in [0.15, 0.2) is 61.7 Å². The Hall–Kier alpha value is -3.94. The predicted octanol–water partition coefficient (Wildman–Crippen LogP) is 3.50. The summed E-state index contributed by atoms with van der Waals surface area (Å²) in [5, 5.41) is 14.2. The summed E-state index contributed by atoms with van der Waals surface area (Å²) in [6.07, 6.45) is 8.99. The smallest absolute Gasteiger partial charge is 0.261 e. The second-order valence-corrected chi connectivity index (χ2v) is 6.32. The lowest BCUT2D eigenvalue weighted by molar-refractivity contribution is 0.102. The van der Waals surface area contributed by atoms with E-state index in [-0.39, 0.29) is 5.91 Å². The molecule has 8 heteroatoms. The van der Waals surface area contributed by atoms with E-state index in [1.165, 1.54) is 6.20 Å². The first-order valence-electron chi connectivity index (χ1n) is 9.21. The summed E-state index contributed by atoms with van der Waals surface area (Å²) in [4.78, 5) is 17.1. The number of amides is 1. The number of nitrogens with zero attached hydrogens (tertiary/aromatic N) is 4. The Morgan fingerprint density at radius 1 is 1.38 bits per heavy atom. The highest BCUT2D eigenvalue weighted by Gasteiger charge is 2.19. The van der Waals surface area contributed by atoms with Crippen LogP contribution in [0, 0.1) is 0 Å². The predicted molar refractivity (Wildman–Crippen MR) is 110 cm³/mol. The SMILES string of the molecule is C=CCc1ccc(OCC)c(-c2[nH]ncc2NC(=O)c2cnn3cccnc23)c1. The van der Waals surface area contributed by atoms with Crippen LogP contribution in [0.3, 0.4) is 0 Å². The molecule has 0 atom stereocenters. The Balaban J connectivity index is 1.69. The zero-order valence-corrected chi connectivity index (χ0v) is 15.9. The van der Waals surface area contributed by atoms with E-state index in [9.17, 15) is 4.79 Å². The molecule has 2 N–H and O–H groups in total. The Labute approximate surface area is 167 Å². The van der Waals surface area contributed by atoms with Gasteiger partial charge in [0.2, 0.25) is 0 Å². The number of fused-ring (bicyclic) bond motifs is 1. The third-order valence-corrected chi connectivity index (χ3v) is 4.40. The molecule has 3 heterocycles. The largest absolute Gasteiger partial charge is 0.493 e. The minimum absolute atomic E-state index is 0.318. The Bertz CT molecular complexity index is 1180. The van der Waals surface area contributed by atoms with Gasteiger partial charge in [-0.25, -0.2) is 9.50 Å². The minimum Gasteiger partial charge on any atom is -0.493 e. The van der Waals surface area contributed by atoms with Crippen LogP contribution in [0.2, 0.25) is 0 Å². The van der Waals surface area contributed by atoms with Gasteiger partial charge in [-0.05, 0) is 37.1 Å². The number of anilines is 1. The minimum atomic E-state index is -0.318. The van der Waals surface area contributed by atoms with Gasteiger partial charge in [-0.3, -0.25) is 9.89 Å². The molecule has 0 saturated heterocycles. The number of benzene rings is 1. The third-order valence-electron chi connectivity index (χ3n) is 4.40. The molecular formula is C21H20N6O2. The molecule has 0 radical (unpaired) electrons. The molecule has 1 aromatic carbocycles. The molecule has 29 heavy (non-hydrogen) atoms. The maximum atomic E-state index is 12.9. The second-order valence-electron chi connectivity index (χ2n) is 6.32. The summed E-state index contributed by atoms with van der Waals surface area (Å²) >= 11 is 0. The Morgan fingerprint density at radius 2 is 2.28 bits per heavy atom. The van der Waals surface area contributed by atoms with Crippen molar-refractivity contribution >= 4 is 17.2 Å². The van der Waals surface area contributed by atoms with Crippen molar-refractivity contribution < 1.29 is 9.53 Å². The van der Waals surface area contributed by atoms with E-state index in [1.807, 2.05) is 31.2 Å². The molecule has 0 saturated carbocycles. The number of aromatic amines is 1. The van der Waals surface area contributed by atoms with Crippen LogP contribution in [0.1, 0.15) is 22.8 Å². The summed E-state index contributed by atoms with van der Waals surface area (Å²) in [5.41, 5.74) is 3.97. The molecule has 0 spiro atoms. The molecular weight excluding hydrogens is 368 g/mol. The number of carbonyl (C=O) groups is 1. The molecule has 3 aromatic heterocycles. The van der Waals surface area contributed by atoms with Crippen molar-refractivity contribution in [2.75, 3.05) is 11.9 Å². The van der Waals surface area contributed by atoms with Gasteiger partial charge in [-0.2, -0.15) is 10.2 Å². The van der Waals surface area contributed by atoms with Gasteiger partial charge in [0, 0.05) is 18.0 Å². The van der Waals surface area contributed by atoms with Crippen LogP contribution in [-0.4, -0.2) is 37.3 Å². The fraction of sp³-hybridized carbons (Fsp3) is 0.143. The van der Waals surface area contributed by atoms with Crippen LogP contribution < -0.4 is 10.1 Å². The molecule has 4 aromatic rings. The lowest BCUT2D eigenvalue weighted by Gasteiger charge is -2.12. The Kier molecular flexibility index (Phi) is 5.07. The average molecular weight is 388 g/mol. The van der Waals surface area contributed by atoms with E-state index in [2.05, 4.69) is 32.2 Å². The number of aromatic nitrogens is 5. The van der Waals surface area contributed by atoms with Crippen LogP contribution >= 0.6 is 0 Å². The van der Waals surface area contributed by atoms with Crippen molar-refractivity contribution in [3.8, 4) is 17.0 Å². The molecule has 146 valence electrons. The monoisotopic (exact) mass is 388 g/mol. The highest BCUT2D eigenvalue weighted by atomic mass is 16.5. The highest BCUT2D eigenvalue weighted by molar-refractivity contribution is 6.09. The first kappa shape index (κ1) is 18.4. The normalized spacial score (nSPS) is 10.8. The van der Waals surface area contributed by atoms with Crippen molar-refractivity contribution in [3.05, 3.63) is 72.8 Å². The summed E-state index contributed by atoms with van der Waals surface area (Å²) in [6, 6.07) is 7.67. The number of nitrogens with one attached hydrogen (secondary N) is 2. The summed E-state index contributed by atoms with van der Waals surface area (Å²) < 4.78 is 7.33. The van der Waals surface area contributed by atoms with Gasteiger partial charge >= 0.3 is 0 Å². The van der Waals surface area contributed by atoms with E-state index < -0.39 is 0 Å². The summed E-state index contributed by atoms with van der Waals surface area (Å²) in [7, 11) is 0. The van der Waals surface area contributed by atoms with Gasteiger partial charge in [0.05, 0.1) is 30.4 Å². The fourth-order valence-electron chi connectivity index (χ4n) is 3.11. The highest BCUT2D eigenvalue weighted by Crippen LogP contribution is 2.35. The zero-order valence-electron chi connectivity index (χ0n) is 15.9. The molecule has 0 aliphatic heterocycles. The number of carbonyl (C=O) groups excluding carboxylic acids is 1. The maximum absolute atomic E-state index is 12.9. The van der Waals surface area contributed by atoms with E-state index in [0.717, 1.165) is 17.5 Å². The molecule has 0 aliphatic rings. The number of hydrogen-bond acceptors (Lipinski definition) is 5. The zero-order chi connectivity index (χ0) is 20.2.